The third kappa shape index (κ3) is 6.93. The zero-order chi connectivity index (χ0) is 21.6. The van der Waals surface area contributed by atoms with Crippen molar-refractivity contribution in [3.05, 3.63) is 69.7 Å². The van der Waals surface area contributed by atoms with Crippen molar-refractivity contribution >= 4 is 69.4 Å². The number of hydrogen-bond acceptors (Lipinski definition) is 4. The fourth-order valence-corrected chi connectivity index (χ4v) is 2.89. The number of hydrogen-bond donors (Lipinski definition) is 2. The van der Waals surface area contributed by atoms with Crippen molar-refractivity contribution in [2.24, 2.45) is 0 Å². The second-order valence-corrected chi connectivity index (χ2v) is 7.64. The van der Waals surface area contributed by atoms with Crippen molar-refractivity contribution < 1.29 is 9.59 Å². The second kappa shape index (κ2) is 10.5. The van der Waals surface area contributed by atoms with E-state index >= 15 is 0 Å². The Bertz CT molecular complexity index is 845. The Balaban J connectivity index is 1.85. The van der Waals surface area contributed by atoms with Crippen molar-refractivity contribution in [3.8, 4) is 0 Å². The summed E-state index contributed by atoms with van der Waals surface area (Å²) < 4.78 is 0. The number of nitrogens with one attached hydrogen (secondary N) is 2. The first kappa shape index (κ1) is 23.0. The standard InChI is InChI=1S/C19H18Cl2N4O2S2/c1-24(18(28)12-3-7-14(20)8-4-12)22-16(26)11-17(27)23-25(2)19(29)13-5-9-15(21)10-6-13/h3-10H,11H2,1-2H3,(H,22,26)(H,23,27). The van der Waals surface area contributed by atoms with Gasteiger partial charge in [0, 0.05) is 35.3 Å². The Morgan fingerprint density at radius 3 is 1.38 bits per heavy atom. The molecule has 2 amide bonds. The Hall–Kier alpha value is -2.26. The van der Waals surface area contributed by atoms with Gasteiger partial charge in [0.25, 0.3) is 0 Å². The van der Waals surface area contributed by atoms with Crippen LogP contribution in [0, 0.1) is 0 Å². The van der Waals surface area contributed by atoms with Gasteiger partial charge in [-0.15, -0.1) is 0 Å². The SMILES string of the molecule is CN(NC(=O)CC(=O)NN(C)C(=S)c1ccc(Cl)cc1)C(=S)c1ccc(Cl)cc1. The molecule has 0 bridgehead atoms. The van der Waals surface area contributed by atoms with Gasteiger partial charge in [-0.3, -0.25) is 30.5 Å². The molecular weight excluding hydrogens is 451 g/mol. The van der Waals surface area contributed by atoms with Crippen LogP contribution < -0.4 is 10.9 Å². The number of nitrogens with zero attached hydrogens (tertiary/aromatic N) is 2. The molecule has 0 atom stereocenters. The summed E-state index contributed by atoms with van der Waals surface area (Å²) in [5.41, 5.74) is 6.54. The van der Waals surface area contributed by atoms with Gasteiger partial charge >= 0.3 is 0 Å². The molecule has 0 spiro atoms. The topological polar surface area (TPSA) is 64.7 Å². The number of thiocarbonyl (C=S) groups is 2. The van der Waals surface area contributed by atoms with Crippen LogP contribution in [0.25, 0.3) is 0 Å². The second-order valence-electron chi connectivity index (χ2n) is 5.99. The first-order valence-corrected chi connectivity index (χ1v) is 9.91. The van der Waals surface area contributed by atoms with Gasteiger partial charge in [0.2, 0.25) is 11.8 Å². The summed E-state index contributed by atoms with van der Waals surface area (Å²) >= 11 is 22.4. The maximum absolute atomic E-state index is 12.2. The number of hydrazine groups is 2. The van der Waals surface area contributed by atoms with E-state index in [2.05, 4.69) is 10.9 Å². The van der Waals surface area contributed by atoms with E-state index in [0.717, 1.165) is 0 Å². The van der Waals surface area contributed by atoms with Crippen LogP contribution in [0.2, 0.25) is 10.0 Å². The van der Waals surface area contributed by atoms with E-state index in [0.29, 0.717) is 31.1 Å². The van der Waals surface area contributed by atoms with Crippen LogP contribution >= 0.6 is 47.6 Å². The molecule has 10 heteroatoms. The smallest absolute Gasteiger partial charge is 0.248 e. The molecule has 2 N–H and O–H groups in total. The molecule has 2 aromatic rings. The summed E-state index contributed by atoms with van der Waals surface area (Å²) in [6.07, 6.45) is -0.402. The molecule has 0 aromatic heterocycles. The summed E-state index contributed by atoms with van der Waals surface area (Å²) in [6, 6.07) is 13.8. The van der Waals surface area contributed by atoms with Gasteiger partial charge in [-0.1, -0.05) is 71.9 Å². The molecular formula is C19H18Cl2N4O2S2. The summed E-state index contributed by atoms with van der Waals surface area (Å²) in [5, 5.41) is 3.91. The molecule has 0 aliphatic rings. The zero-order valence-electron chi connectivity index (χ0n) is 15.6. The Kier molecular flexibility index (Phi) is 8.33. The van der Waals surface area contributed by atoms with Crippen LogP contribution in [-0.4, -0.2) is 45.9 Å². The normalized spacial score (nSPS) is 10.1. The molecule has 2 aromatic carbocycles. The highest BCUT2D eigenvalue weighted by Gasteiger charge is 2.16. The average molecular weight is 469 g/mol. The summed E-state index contributed by atoms with van der Waals surface area (Å²) in [5.74, 6) is -1.04. The predicted octanol–water partition coefficient (Wildman–Crippen LogP) is 3.36. The van der Waals surface area contributed by atoms with E-state index in [1.807, 2.05) is 0 Å². The minimum Gasteiger partial charge on any atom is -0.277 e. The fourth-order valence-electron chi connectivity index (χ4n) is 2.27. The molecule has 0 aliphatic carbocycles. The maximum Gasteiger partial charge on any atom is 0.248 e. The van der Waals surface area contributed by atoms with Crippen molar-refractivity contribution in [3.63, 3.8) is 0 Å². The van der Waals surface area contributed by atoms with E-state index in [9.17, 15) is 9.59 Å². The molecule has 0 unspecified atom stereocenters. The van der Waals surface area contributed by atoms with Gasteiger partial charge in [0.05, 0.1) is 0 Å². The lowest BCUT2D eigenvalue weighted by Crippen LogP contribution is -2.47. The molecule has 0 heterocycles. The molecule has 0 saturated carbocycles. The van der Waals surface area contributed by atoms with Gasteiger partial charge in [-0.25, -0.2) is 0 Å². The van der Waals surface area contributed by atoms with Crippen LogP contribution in [0.3, 0.4) is 0 Å². The highest BCUT2D eigenvalue weighted by Crippen LogP contribution is 2.12. The summed E-state index contributed by atoms with van der Waals surface area (Å²) in [6.45, 7) is 0. The first-order valence-electron chi connectivity index (χ1n) is 8.33. The Morgan fingerprint density at radius 1 is 0.759 bits per heavy atom. The Morgan fingerprint density at radius 2 is 1.07 bits per heavy atom. The van der Waals surface area contributed by atoms with Crippen LogP contribution in [-0.2, 0) is 9.59 Å². The highest BCUT2D eigenvalue weighted by molar-refractivity contribution is 7.80. The van der Waals surface area contributed by atoms with E-state index < -0.39 is 18.2 Å². The third-order valence-corrected chi connectivity index (χ3v) is 5.22. The lowest BCUT2D eigenvalue weighted by atomic mass is 10.2. The van der Waals surface area contributed by atoms with Gasteiger partial charge < -0.3 is 0 Å². The number of rotatable bonds is 4. The summed E-state index contributed by atoms with van der Waals surface area (Å²) in [7, 11) is 3.18. The van der Waals surface area contributed by atoms with Crippen LogP contribution in [0.1, 0.15) is 17.5 Å². The molecule has 2 rings (SSSR count). The fraction of sp³-hybridized carbons (Fsp3) is 0.158. The number of amides is 2. The van der Waals surface area contributed by atoms with Crippen molar-refractivity contribution in [1.29, 1.82) is 0 Å². The largest absolute Gasteiger partial charge is 0.277 e. The number of carbonyl (C=O) groups is 2. The Labute approximate surface area is 189 Å². The lowest BCUT2D eigenvalue weighted by Gasteiger charge is -2.23. The van der Waals surface area contributed by atoms with Gasteiger partial charge in [0.1, 0.15) is 16.4 Å². The summed E-state index contributed by atoms with van der Waals surface area (Å²) in [4.78, 5) is 25.1. The molecule has 152 valence electrons. The monoisotopic (exact) mass is 468 g/mol. The van der Waals surface area contributed by atoms with Gasteiger partial charge in [-0.2, -0.15) is 0 Å². The number of carbonyl (C=O) groups excluding carboxylic acids is 2. The van der Waals surface area contributed by atoms with E-state index in [-0.39, 0.29) is 0 Å². The number of halogens is 2. The molecule has 0 aliphatic heterocycles. The van der Waals surface area contributed by atoms with Crippen LogP contribution in [0.15, 0.2) is 48.5 Å². The predicted molar refractivity (Wildman–Crippen MR) is 123 cm³/mol. The quantitative estimate of drug-likeness (QED) is 0.407. The van der Waals surface area contributed by atoms with Crippen molar-refractivity contribution in [2.45, 2.75) is 6.42 Å². The van der Waals surface area contributed by atoms with Crippen molar-refractivity contribution in [1.82, 2.24) is 20.9 Å². The van der Waals surface area contributed by atoms with E-state index in [4.69, 9.17) is 47.6 Å². The maximum atomic E-state index is 12.2. The third-order valence-electron chi connectivity index (χ3n) is 3.70. The molecule has 0 saturated heterocycles. The van der Waals surface area contributed by atoms with Crippen molar-refractivity contribution in [2.75, 3.05) is 14.1 Å². The first-order chi connectivity index (χ1) is 13.7. The minimum atomic E-state index is -0.521. The van der Waals surface area contributed by atoms with E-state index in [1.54, 1.807) is 62.6 Å². The molecule has 0 radical (unpaired) electrons. The van der Waals surface area contributed by atoms with Crippen LogP contribution in [0.5, 0.6) is 0 Å². The highest BCUT2D eigenvalue weighted by atomic mass is 35.5. The van der Waals surface area contributed by atoms with E-state index in [1.165, 1.54) is 10.0 Å². The zero-order valence-corrected chi connectivity index (χ0v) is 18.8. The minimum absolute atomic E-state index is 0.386. The average Bonchev–Trinajstić information content (AvgIpc) is 2.67. The number of benzene rings is 2. The van der Waals surface area contributed by atoms with Crippen LogP contribution in [0.4, 0.5) is 0 Å². The lowest BCUT2D eigenvalue weighted by molar-refractivity contribution is -0.132. The van der Waals surface area contributed by atoms with Gasteiger partial charge in [0.15, 0.2) is 0 Å². The molecule has 29 heavy (non-hydrogen) atoms. The molecule has 6 nitrogen and oxygen atoms in total. The van der Waals surface area contributed by atoms with Gasteiger partial charge in [-0.05, 0) is 24.3 Å². The molecule has 0 fully saturated rings.